The molecule has 1 aliphatic rings. The molecule has 1 saturated heterocycles. The number of H-pyrrole nitrogens is 1. The third-order valence-corrected chi connectivity index (χ3v) is 5.87. The monoisotopic (exact) mass is 336 g/mol. The molecule has 0 aliphatic carbocycles. The van der Waals surface area contributed by atoms with Gasteiger partial charge in [0.2, 0.25) is 10.0 Å². The third-order valence-electron chi connectivity index (χ3n) is 3.90. The molecule has 1 aromatic carbocycles. The van der Waals surface area contributed by atoms with Crippen molar-refractivity contribution in [3.63, 3.8) is 0 Å². The zero-order chi connectivity index (χ0) is 16.4. The molecule has 0 unspecified atom stereocenters. The minimum Gasteiger partial charge on any atom is -0.367 e. The van der Waals surface area contributed by atoms with Gasteiger partial charge in [-0.2, -0.15) is 9.40 Å². The maximum Gasteiger partial charge on any atom is 0.243 e. The van der Waals surface area contributed by atoms with Gasteiger partial charge >= 0.3 is 0 Å². The van der Waals surface area contributed by atoms with Crippen molar-refractivity contribution in [1.82, 2.24) is 19.5 Å². The standard InChI is InChI=1S/C15H20N4O3S/c1-3-12-6-4-5-7-14(12)23(20,21)19-8-9-22-13(10-19)15-16-11(2)17-18-15/h4-7,13H,3,8-10H2,1-2H3,(H,16,17,18)/t13-/m0/s1. The minimum absolute atomic E-state index is 0.220. The van der Waals surface area contributed by atoms with Gasteiger partial charge in [-0.1, -0.05) is 25.1 Å². The van der Waals surface area contributed by atoms with Gasteiger partial charge in [0.1, 0.15) is 11.9 Å². The number of rotatable bonds is 4. The summed E-state index contributed by atoms with van der Waals surface area (Å²) in [7, 11) is -3.55. The van der Waals surface area contributed by atoms with Crippen LogP contribution in [0, 0.1) is 6.92 Å². The summed E-state index contributed by atoms with van der Waals surface area (Å²) in [6, 6.07) is 7.12. The lowest BCUT2D eigenvalue weighted by atomic mass is 10.2. The minimum atomic E-state index is -3.55. The molecule has 8 heteroatoms. The Hall–Kier alpha value is -1.77. The van der Waals surface area contributed by atoms with Gasteiger partial charge in [-0.3, -0.25) is 5.10 Å². The van der Waals surface area contributed by atoms with Crippen LogP contribution in [-0.2, 0) is 21.2 Å². The van der Waals surface area contributed by atoms with Gasteiger partial charge < -0.3 is 4.74 Å². The van der Waals surface area contributed by atoms with E-state index < -0.39 is 16.1 Å². The van der Waals surface area contributed by atoms with Crippen LogP contribution in [0.15, 0.2) is 29.2 Å². The molecule has 1 atom stereocenters. The second kappa shape index (κ2) is 6.38. The number of ether oxygens (including phenoxy) is 1. The Morgan fingerprint density at radius 1 is 1.39 bits per heavy atom. The smallest absolute Gasteiger partial charge is 0.243 e. The van der Waals surface area contributed by atoms with Crippen molar-refractivity contribution < 1.29 is 13.2 Å². The Balaban J connectivity index is 1.88. The second-order valence-electron chi connectivity index (χ2n) is 5.46. The number of benzene rings is 1. The molecule has 1 fully saturated rings. The van der Waals surface area contributed by atoms with Crippen LogP contribution >= 0.6 is 0 Å². The number of sulfonamides is 1. The first-order valence-corrected chi connectivity index (χ1v) is 9.05. The highest BCUT2D eigenvalue weighted by Crippen LogP contribution is 2.26. The van der Waals surface area contributed by atoms with Crippen molar-refractivity contribution in [2.45, 2.75) is 31.3 Å². The van der Waals surface area contributed by atoms with Crippen molar-refractivity contribution in [2.24, 2.45) is 0 Å². The molecular formula is C15H20N4O3S. The van der Waals surface area contributed by atoms with Gasteiger partial charge in [-0.15, -0.1) is 0 Å². The lowest BCUT2D eigenvalue weighted by Crippen LogP contribution is -2.42. The summed E-state index contributed by atoms with van der Waals surface area (Å²) in [5.74, 6) is 1.17. The maximum absolute atomic E-state index is 13.0. The predicted molar refractivity (Wildman–Crippen MR) is 84.4 cm³/mol. The van der Waals surface area contributed by atoms with E-state index >= 15 is 0 Å². The third kappa shape index (κ3) is 3.15. The Bertz CT molecular complexity index is 788. The van der Waals surface area contributed by atoms with Gasteiger partial charge in [-0.25, -0.2) is 13.4 Å². The van der Waals surface area contributed by atoms with E-state index in [1.165, 1.54) is 4.31 Å². The van der Waals surface area contributed by atoms with Crippen LogP contribution in [0.1, 0.15) is 30.2 Å². The number of nitrogens with one attached hydrogen (secondary N) is 1. The summed E-state index contributed by atoms with van der Waals surface area (Å²) in [6.07, 6.45) is 0.223. The van der Waals surface area contributed by atoms with E-state index in [4.69, 9.17) is 4.74 Å². The van der Waals surface area contributed by atoms with Crippen LogP contribution < -0.4 is 0 Å². The van der Waals surface area contributed by atoms with E-state index in [2.05, 4.69) is 15.2 Å². The molecule has 0 saturated carbocycles. The van der Waals surface area contributed by atoms with Gasteiger partial charge in [0.15, 0.2) is 5.82 Å². The first kappa shape index (κ1) is 16.1. The zero-order valence-corrected chi connectivity index (χ0v) is 14.0. The highest BCUT2D eigenvalue weighted by atomic mass is 32.2. The average Bonchev–Trinajstić information content (AvgIpc) is 3.01. The summed E-state index contributed by atoms with van der Waals surface area (Å²) >= 11 is 0. The number of aromatic amines is 1. The lowest BCUT2D eigenvalue weighted by molar-refractivity contribution is -0.00736. The molecule has 23 heavy (non-hydrogen) atoms. The van der Waals surface area contributed by atoms with Crippen LogP contribution in [-0.4, -0.2) is 47.6 Å². The molecule has 0 spiro atoms. The van der Waals surface area contributed by atoms with E-state index in [0.29, 0.717) is 36.1 Å². The molecular weight excluding hydrogens is 316 g/mol. The molecule has 2 aromatic rings. The molecule has 1 aromatic heterocycles. The normalized spacial score (nSPS) is 19.8. The fraction of sp³-hybridized carbons (Fsp3) is 0.467. The van der Waals surface area contributed by atoms with Gasteiger partial charge in [0, 0.05) is 13.1 Å². The fourth-order valence-corrected chi connectivity index (χ4v) is 4.41. The Labute approximate surface area is 135 Å². The highest BCUT2D eigenvalue weighted by molar-refractivity contribution is 7.89. The van der Waals surface area contributed by atoms with Crippen LogP contribution in [0.3, 0.4) is 0 Å². The van der Waals surface area contributed by atoms with Crippen LogP contribution in [0.5, 0.6) is 0 Å². The molecule has 0 amide bonds. The second-order valence-corrected chi connectivity index (χ2v) is 7.37. The number of aryl methyl sites for hydroxylation is 2. The van der Waals surface area contributed by atoms with Crippen molar-refractivity contribution in [3.8, 4) is 0 Å². The molecule has 3 rings (SSSR count). The number of aromatic nitrogens is 3. The lowest BCUT2D eigenvalue weighted by Gasteiger charge is -2.31. The molecule has 1 N–H and O–H groups in total. The first-order valence-electron chi connectivity index (χ1n) is 7.61. The van der Waals surface area contributed by atoms with E-state index in [0.717, 1.165) is 5.56 Å². The highest BCUT2D eigenvalue weighted by Gasteiger charge is 2.33. The number of hydrogen-bond acceptors (Lipinski definition) is 5. The van der Waals surface area contributed by atoms with E-state index in [1.54, 1.807) is 19.1 Å². The Morgan fingerprint density at radius 2 is 2.17 bits per heavy atom. The van der Waals surface area contributed by atoms with Gasteiger partial charge in [0.05, 0.1) is 11.5 Å². The van der Waals surface area contributed by atoms with Crippen molar-refractivity contribution in [2.75, 3.05) is 19.7 Å². The van der Waals surface area contributed by atoms with E-state index in [-0.39, 0.29) is 6.54 Å². The predicted octanol–water partition coefficient (Wildman–Crippen LogP) is 1.44. The SMILES string of the molecule is CCc1ccccc1S(=O)(=O)N1CCO[C@H](c2n[nH]c(C)n2)C1. The Morgan fingerprint density at radius 3 is 2.87 bits per heavy atom. The molecule has 2 heterocycles. The largest absolute Gasteiger partial charge is 0.367 e. The summed E-state index contributed by atoms with van der Waals surface area (Å²) in [5, 5.41) is 6.84. The summed E-state index contributed by atoms with van der Waals surface area (Å²) in [4.78, 5) is 4.61. The van der Waals surface area contributed by atoms with Gasteiger partial charge in [0.25, 0.3) is 0 Å². The molecule has 7 nitrogen and oxygen atoms in total. The molecule has 124 valence electrons. The van der Waals surface area contributed by atoms with E-state index in [9.17, 15) is 8.42 Å². The maximum atomic E-state index is 13.0. The van der Waals surface area contributed by atoms with Crippen LogP contribution in [0.4, 0.5) is 0 Å². The summed E-state index contributed by atoms with van der Waals surface area (Å²) in [5.41, 5.74) is 0.823. The van der Waals surface area contributed by atoms with Gasteiger partial charge in [-0.05, 0) is 25.0 Å². The summed E-state index contributed by atoms with van der Waals surface area (Å²) in [6.45, 7) is 4.63. The summed E-state index contributed by atoms with van der Waals surface area (Å²) < 4.78 is 33.0. The molecule has 0 radical (unpaired) electrons. The number of morpholine rings is 1. The Kier molecular flexibility index (Phi) is 4.47. The number of hydrogen-bond donors (Lipinski definition) is 1. The fourth-order valence-electron chi connectivity index (χ4n) is 2.69. The van der Waals surface area contributed by atoms with Crippen molar-refractivity contribution in [3.05, 3.63) is 41.5 Å². The first-order chi connectivity index (χ1) is 11.0. The van der Waals surface area contributed by atoms with Crippen LogP contribution in [0.2, 0.25) is 0 Å². The molecule has 1 aliphatic heterocycles. The molecule has 0 bridgehead atoms. The van der Waals surface area contributed by atoms with E-state index in [1.807, 2.05) is 19.1 Å². The topological polar surface area (TPSA) is 88.2 Å². The zero-order valence-electron chi connectivity index (χ0n) is 13.2. The van der Waals surface area contributed by atoms with Crippen molar-refractivity contribution in [1.29, 1.82) is 0 Å². The van der Waals surface area contributed by atoms with Crippen LogP contribution in [0.25, 0.3) is 0 Å². The van der Waals surface area contributed by atoms with Crippen molar-refractivity contribution >= 4 is 10.0 Å². The number of nitrogens with zero attached hydrogens (tertiary/aromatic N) is 3. The quantitative estimate of drug-likeness (QED) is 0.913. The average molecular weight is 336 g/mol.